The highest BCUT2D eigenvalue weighted by molar-refractivity contribution is 6.30. The van der Waals surface area contributed by atoms with Crippen LogP contribution in [0.15, 0.2) is 18.2 Å². The summed E-state index contributed by atoms with van der Waals surface area (Å²) < 4.78 is 5.60. The molecule has 0 atom stereocenters. The fourth-order valence-electron chi connectivity index (χ4n) is 2.06. The van der Waals surface area contributed by atoms with Gasteiger partial charge in [0.25, 0.3) is 0 Å². The van der Waals surface area contributed by atoms with Crippen LogP contribution in [0.5, 0.6) is 5.75 Å². The summed E-state index contributed by atoms with van der Waals surface area (Å²) in [5, 5.41) is 12.3. The van der Waals surface area contributed by atoms with Crippen molar-refractivity contribution in [1.82, 2.24) is 5.32 Å². The predicted molar refractivity (Wildman–Crippen MR) is 78.6 cm³/mol. The summed E-state index contributed by atoms with van der Waals surface area (Å²) in [7, 11) is 0. The highest BCUT2D eigenvalue weighted by Crippen LogP contribution is 2.46. The zero-order valence-corrected chi connectivity index (χ0v) is 12.6. The van der Waals surface area contributed by atoms with Crippen molar-refractivity contribution in [2.75, 3.05) is 13.2 Å². The highest BCUT2D eigenvalue weighted by atomic mass is 35.5. The number of aryl methyl sites for hydroxylation is 1. The molecule has 0 aliphatic heterocycles. The number of ether oxygens (including phenoxy) is 1. The maximum absolute atomic E-state index is 11.7. The summed E-state index contributed by atoms with van der Waals surface area (Å²) in [6, 6.07) is 5.39. The zero-order valence-electron chi connectivity index (χ0n) is 11.8. The Morgan fingerprint density at radius 2 is 2.14 bits per heavy atom. The van der Waals surface area contributed by atoms with Crippen LogP contribution >= 0.6 is 11.6 Å². The first kappa shape index (κ1) is 15.6. The van der Waals surface area contributed by atoms with Crippen molar-refractivity contribution < 1.29 is 19.4 Å². The van der Waals surface area contributed by atoms with E-state index in [2.05, 4.69) is 5.32 Å². The molecule has 0 spiro atoms. The van der Waals surface area contributed by atoms with E-state index in [9.17, 15) is 9.59 Å². The van der Waals surface area contributed by atoms with Crippen LogP contribution in [-0.4, -0.2) is 30.1 Å². The lowest BCUT2D eigenvalue weighted by atomic mass is 10.1. The van der Waals surface area contributed by atoms with Gasteiger partial charge in [0.2, 0.25) is 5.91 Å². The van der Waals surface area contributed by atoms with E-state index in [-0.39, 0.29) is 0 Å². The molecule has 0 bridgehead atoms. The second kappa shape index (κ2) is 6.35. The summed E-state index contributed by atoms with van der Waals surface area (Å²) in [5.74, 6) is -0.666. The maximum atomic E-state index is 11.7. The number of carboxylic acid groups (broad SMARTS) is 1. The van der Waals surface area contributed by atoms with E-state index < -0.39 is 17.3 Å². The van der Waals surface area contributed by atoms with Crippen molar-refractivity contribution in [2.45, 2.75) is 26.2 Å². The van der Waals surface area contributed by atoms with Gasteiger partial charge in [-0.25, -0.2) is 0 Å². The quantitative estimate of drug-likeness (QED) is 0.599. The van der Waals surface area contributed by atoms with Gasteiger partial charge < -0.3 is 15.2 Å². The van der Waals surface area contributed by atoms with E-state index in [4.69, 9.17) is 21.4 Å². The summed E-state index contributed by atoms with van der Waals surface area (Å²) in [4.78, 5) is 22.7. The van der Waals surface area contributed by atoms with Gasteiger partial charge in [-0.2, -0.15) is 0 Å². The Hall–Kier alpha value is -1.75. The summed E-state index contributed by atoms with van der Waals surface area (Å²) in [6.45, 7) is 2.76. The smallest absolute Gasteiger partial charge is 0.319 e. The van der Waals surface area contributed by atoms with Gasteiger partial charge >= 0.3 is 5.97 Å². The van der Waals surface area contributed by atoms with Gasteiger partial charge in [-0.15, -0.1) is 0 Å². The number of hydrogen-bond acceptors (Lipinski definition) is 3. The molecule has 1 aromatic rings. The Bertz CT molecular complexity index is 555. The third kappa shape index (κ3) is 3.67. The fraction of sp³-hybridized carbons (Fsp3) is 0.467. The number of carbonyl (C=O) groups is 2. The van der Waals surface area contributed by atoms with E-state index in [0.717, 1.165) is 11.3 Å². The minimum atomic E-state index is -1.17. The Morgan fingerprint density at radius 3 is 2.71 bits per heavy atom. The third-order valence-electron chi connectivity index (χ3n) is 3.60. The molecule has 1 saturated carbocycles. The monoisotopic (exact) mass is 311 g/mol. The number of carbonyl (C=O) groups excluding carboxylic acids is 1. The number of nitrogens with one attached hydrogen (secondary N) is 1. The Morgan fingerprint density at radius 1 is 1.43 bits per heavy atom. The molecule has 21 heavy (non-hydrogen) atoms. The number of rotatable bonds is 7. The molecule has 2 rings (SSSR count). The molecule has 5 nitrogen and oxygen atoms in total. The summed E-state index contributed by atoms with van der Waals surface area (Å²) >= 11 is 5.86. The molecule has 1 aromatic carbocycles. The molecule has 114 valence electrons. The van der Waals surface area contributed by atoms with Gasteiger partial charge in [-0.05, 0) is 49.9 Å². The normalized spacial score (nSPS) is 15.3. The van der Waals surface area contributed by atoms with Crippen LogP contribution in [0.4, 0.5) is 0 Å². The first-order chi connectivity index (χ1) is 9.95. The number of amides is 1. The molecular formula is C15H18ClNO4. The first-order valence-corrected chi connectivity index (χ1v) is 7.24. The lowest BCUT2D eigenvalue weighted by Crippen LogP contribution is -2.37. The molecule has 0 heterocycles. The van der Waals surface area contributed by atoms with Gasteiger partial charge in [-0.3, -0.25) is 9.59 Å². The van der Waals surface area contributed by atoms with Crippen LogP contribution in [0, 0.1) is 12.3 Å². The van der Waals surface area contributed by atoms with Gasteiger partial charge in [0, 0.05) is 11.6 Å². The second-order valence-electron chi connectivity index (χ2n) is 5.25. The number of hydrogen-bond donors (Lipinski definition) is 2. The van der Waals surface area contributed by atoms with Gasteiger partial charge in [0.15, 0.2) is 0 Å². The van der Waals surface area contributed by atoms with Crippen LogP contribution in [0.3, 0.4) is 0 Å². The predicted octanol–water partition coefficient (Wildman–Crippen LogP) is 2.40. The topological polar surface area (TPSA) is 75.6 Å². The number of benzene rings is 1. The molecule has 0 radical (unpaired) electrons. The first-order valence-electron chi connectivity index (χ1n) is 6.86. The molecule has 6 heteroatoms. The molecular weight excluding hydrogens is 294 g/mol. The zero-order chi connectivity index (χ0) is 15.5. The minimum absolute atomic E-state index is 0.391. The third-order valence-corrected chi connectivity index (χ3v) is 3.83. The summed E-state index contributed by atoms with van der Waals surface area (Å²) in [5.41, 5.74) is -0.220. The van der Waals surface area contributed by atoms with Crippen LogP contribution < -0.4 is 10.1 Å². The number of aliphatic carboxylic acids is 1. The SMILES string of the molecule is Cc1cc(Cl)ccc1OCCCNC(=O)C1(C(=O)O)CC1. The Balaban J connectivity index is 1.69. The van der Waals surface area contributed by atoms with Gasteiger partial charge in [-0.1, -0.05) is 11.6 Å². The fourth-order valence-corrected chi connectivity index (χ4v) is 2.29. The van der Waals surface area contributed by atoms with Crippen molar-refractivity contribution >= 4 is 23.5 Å². The molecule has 1 aliphatic rings. The molecule has 1 aliphatic carbocycles. The molecule has 0 unspecified atom stereocenters. The lowest BCUT2D eigenvalue weighted by molar-refractivity contribution is -0.149. The van der Waals surface area contributed by atoms with E-state index in [1.54, 1.807) is 12.1 Å². The summed E-state index contributed by atoms with van der Waals surface area (Å²) in [6.07, 6.45) is 1.47. The highest BCUT2D eigenvalue weighted by Gasteiger charge is 2.56. The Labute approximate surface area is 128 Å². The van der Waals surface area contributed by atoms with Crippen LogP contribution in [0.2, 0.25) is 5.02 Å². The molecule has 1 amide bonds. The van der Waals surface area contributed by atoms with Crippen LogP contribution in [-0.2, 0) is 9.59 Å². The van der Waals surface area contributed by atoms with Crippen molar-refractivity contribution in [2.24, 2.45) is 5.41 Å². The van der Waals surface area contributed by atoms with E-state index in [1.807, 2.05) is 13.0 Å². The van der Waals surface area contributed by atoms with Crippen molar-refractivity contribution in [3.63, 3.8) is 0 Å². The minimum Gasteiger partial charge on any atom is -0.493 e. The van der Waals surface area contributed by atoms with Crippen LogP contribution in [0.25, 0.3) is 0 Å². The van der Waals surface area contributed by atoms with E-state index in [0.29, 0.717) is 37.4 Å². The van der Waals surface area contributed by atoms with Crippen LogP contribution in [0.1, 0.15) is 24.8 Å². The van der Waals surface area contributed by atoms with Gasteiger partial charge in [0.1, 0.15) is 11.2 Å². The van der Waals surface area contributed by atoms with Crippen molar-refractivity contribution in [3.8, 4) is 5.75 Å². The van der Waals surface area contributed by atoms with Crippen molar-refractivity contribution in [3.05, 3.63) is 28.8 Å². The molecule has 1 fully saturated rings. The maximum Gasteiger partial charge on any atom is 0.319 e. The largest absolute Gasteiger partial charge is 0.493 e. The Kier molecular flexibility index (Phi) is 4.73. The van der Waals surface area contributed by atoms with Crippen molar-refractivity contribution in [1.29, 1.82) is 0 Å². The standard InChI is InChI=1S/C15H18ClNO4/c1-10-9-11(16)3-4-12(10)21-8-2-7-17-13(18)15(5-6-15)14(19)20/h3-4,9H,2,5-8H2,1H3,(H,17,18)(H,19,20). The lowest BCUT2D eigenvalue weighted by Gasteiger charge is -2.12. The number of carboxylic acids is 1. The van der Waals surface area contributed by atoms with E-state index >= 15 is 0 Å². The second-order valence-corrected chi connectivity index (χ2v) is 5.69. The number of halogens is 1. The van der Waals surface area contributed by atoms with Gasteiger partial charge in [0.05, 0.1) is 6.61 Å². The average molecular weight is 312 g/mol. The van der Waals surface area contributed by atoms with E-state index in [1.165, 1.54) is 0 Å². The molecule has 0 saturated heterocycles. The molecule has 2 N–H and O–H groups in total. The average Bonchev–Trinajstić information content (AvgIpc) is 3.22. The molecule has 0 aromatic heterocycles.